The van der Waals surface area contributed by atoms with Gasteiger partial charge in [0.2, 0.25) is 15.9 Å². The summed E-state index contributed by atoms with van der Waals surface area (Å²) in [6.07, 6.45) is 8.52. The molecule has 3 fully saturated rings. The highest BCUT2D eigenvalue weighted by Crippen LogP contribution is 2.42. The highest BCUT2D eigenvalue weighted by Gasteiger charge is 2.56. The van der Waals surface area contributed by atoms with Gasteiger partial charge in [-0.1, -0.05) is 25.5 Å². The Kier molecular flexibility index (Phi) is 9.79. The quantitative estimate of drug-likeness (QED) is 0.218. The molecule has 0 aromatic heterocycles. The summed E-state index contributed by atoms with van der Waals surface area (Å²) in [5, 5.41) is 1.39. The molecule has 3 aliphatic rings. The molecule has 1 aliphatic carbocycles. The van der Waals surface area contributed by atoms with Crippen LogP contribution in [0.15, 0.2) is 65.6 Å². The number of hydrogen-bond acceptors (Lipinski definition) is 6. The lowest BCUT2D eigenvalue weighted by atomic mass is 9.94. The fourth-order valence-corrected chi connectivity index (χ4v) is 8.81. The van der Waals surface area contributed by atoms with Gasteiger partial charge in [-0.2, -0.15) is 13.1 Å². The van der Waals surface area contributed by atoms with Crippen LogP contribution in [0.25, 0.3) is 10.8 Å². The highest BCUT2D eigenvalue weighted by molar-refractivity contribution is 7.89. The van der Waals surface area contributed by atoms with E-state index in [0.29, 0.717) is 53.5 Å². The van der Waals surface area contributed by atoms with E-state index in [1.165, 1.54) is 41.3 Å². The van der Waals surface area contributed by atoms with Crippen molar-refractivity contribution in [2.24, 2.45) is 5.73 Å². The lowest BCUT2D eigenvalue weighted by molar-refractivity contribution is -0.154. The maximum absolute atomic E-state index is 16.7. The van der Waals surface area contributed by atoms with Crippen molar-refractivity contribution in [3.8, 4) is 11.5 Å². The van der Waals surface area contributed by atoms with Gasteiger partial charge >= 0.3 is 0 Å². The van der Waals surface area contributed by atoms with Gasteiger partial charge in [0.1, 0.15) is 11.5 Å². The molecular weight excluding hydrogens is 624 g/mol. The summed E-state index contributed by atoms with van der Waals surface area (Å²) in [6, 6.07) is 12.2. The average molecular weight is 670 g/mol. The van der Waals surface area contributed by atoms with Crippen LogP contribution in [-0.4, -0.2) is 67.5 Å². The van der Waals surface area contributed by atoms with Gasteiger partial charge in [0.05, 0.1) is 17.6 Å². The summed E-state index contributed by atoms with van der Waals surface area (Å²) in [7, 11) is -3.48. The molecule has 2 aliphatic heterocycles. The lowest BCUT2D eigenvalue weighted by Crippen LogP contribution is -2.61. The summed E-state index contributed by atoms with van der Waals surface area (Å²) < 4.78 is 74.1. The average Bonchev–Trinajstić information content (AvgIpc) is 3.66. The standard InChI is InChI=1S/C36H45F2N3O5S/c1-3-4-19-45-30-16-11-26(12-17-30)36(37,38)34(35(42)41-28-13-14-29(41)23-27(39)22-28)40(2)47(43,44)33-18-10-24-20-32(15-9-25(24)21-33)46-31-7-5-6-8-31/h9-12,15-18,20-21,27-29,31,34H,3-8,13-14,19,22-23,39H2,1-2H3/t27?,28?,29?,34-/m0/s1. The predicted molar refractivity (Wildman–Crippen MR) is 177 cm³/mol. The van der Waals surface area contributed by atoms with Gasteiger partial charge in [0, 0.05) is 30.7 Å². The number of sulfonamides is 1. The first-order valence-electron chi connectivity index (χ1n) is 16.9. The molecule has 0 radical (unpaired) electrons. The number of halogens is 2. The fourth-order valence-electron chi connectivity index (χ4n) is 7.46. The minimum absolute atomic E-state index is 0.126. The first kappa shape index (κ1) is 33.6. The Hall–Kier alpha value is -3.28. The van der Waals surface area contributed by atoms with Gasteiger partial charge in [-0.05, 0) is 117 Å². The summed E-state index contributed by atoms with van der Waals surface area (Å²) in [4.78, 5) is 15.6. The van der Waals surface area contributed by atoms with Crippen LogP contribution >= 0.6 is 0 Å². The van der Waals surface area contributed by atoms with Crippen LogP contribution in [0, 0.1) is 0 Å². The number of likely N-dealkylation sites (N-methyl/N-ethyl adjacent to an activating group) is 1. The first-order valence-corrected chi connectivity index (χ1v) is 18.3. The van der Waals surface area contributed by atoms with Crippen molar-refractivity contribution in [1.82, 2.24) is 9.21 Å². The third-order valence-corrected chi connectivity index (χ3v) is 11.9. The molecule has 2 heterocycles. The molecule has 2 unspecified atom stereocenters. The number of nitrogens with zero attached hydrogens (tertiary/aromatic N) is 2. The molecule has 0 spiro atoms. The van der Waals surface area contributed by atoms with Crippen molar-refractivity contribution in [3.63, 3.8) is 0 Å². The Morgan fingerprint density at radius 2 is 1.57 bits per heavy atom. The number of hydrogen-bond donors (Lipinski definition) is 1. The van der Waals surface area contributed by atoms with Gasteiger partial charge in [-0.3, -0.25) is 4.79 Å². The molecule has 2 N–H and O–H groups in total. The van der Waals surface area contributed by atoms with Crippen molar-refractivity contribution in [2.75, 3.05) is 13.7 Å². The molecule has 3 atom stereocenters. The summed E-state index contributed by atoms with van der Waals surface area (Å²) in [5.74, 6) is -3.63. The van der Waals surface area contributed by atoms with Crippen molar-refractivity contribution in [2.45, 2.75) is 112 Å². The number of fused-ring (bicyclic) bond motifs is 3. The van der Waals surface area contributed by atoms with E-state index in [1.54, 1.807) is 18.2 Å². The largest absolute Gasteiger partial charge is 0.494 e. The van der Waals surface area contributed by atoms with Crippen LogP contribution in [0.1, 0.15) is 76.7 Å². The second kappa shape index (κ2) is 13.7. The van der Waals surface area contributed by atoms with E-state index in [-0.39, 0.29) is 29.1 Å². The molecule has 254 valence electrons. The van der Waals surface area contributed by atoms with E-state index < -0.39 is 33.5 Å². The number of carbonyl (C=O) groups excluding carboxylic acids is 1. The molecule has 3 aromatic rings. The van der Waals surface area contributed by atoms with Crippen molar-refractivity contribution in [1.29, 1.82) is 0 Å². The van der Waals surface area contributed by atoms with Gasteiger partial charge in [-0.25, -0.2) is 8.42 Å². The molecule has 11 heteroatoms. The van der Waals surface area contributed by atoms with Crippen molar-refractivity contribution in [3.05, 3.63) is 66.2 Å². The number of ether oxygens (including phenoxy) is 2. The zero-order chi connectivity index (χ0) is 33.3. The minimum Gasteiger partial charge on any atom is -0.494 e. The van der Waals surface area contributed by atoms with E-state index in [2.05, 4.69) is 0 Å². The first-order chi connectivity index (χ1) is 22.5. The number of carbonyl (C=O) groups is 1. The van der Waals surface area contributed by atoms with Crippen LogP contribution in [-0.2, 0) is 20.7 Å². The van der Waals surface area contributed by atoms with Crippen LogP contribution in [0.3, 0.4) is 0 Å². The topological polar surface area (TPSA) is 102 Å². The van der Waals surface area contributed by atoms with E-state index in [9.17, 15) is 13.2 Å². The Balaban J connectivity index is 1.32. The third kappa shape index (κ3) is 6.85. The smallest absolute Gasteiger partial charge is 0.298 e. The molecule has 3 aromatic carbocycles. The Morgan fingerprint density at radius 3 is 2.23 bits per heavy atom. The number of piperidine rings is 1. The summed E-state index contributed by atoms with van der Waals surface area (Å²) in [5.41, 5.74) is 5.75. The minimum atomic E-state index is -4.56. The lowest BCUT2D eigenvalue weighted by Gasteiger charge is -2.42. The Bertz CT molecular complexity index is 1670. The van der Waals surface area contributed by atoms with E-state index in [0.717, 1.165) is 51.0 Å². The van der Waals surface area contributed by atoms with Gasteiger partial charge in [0.25, 0.3) is 5.92 Å². The van der Waals surface area contributed by atoms with Crippen LogP contribution in [0.2, 0.25) is 0 Å². The molecule has 2 saturated heterocycles. The zero-order valence-electron chi connectivity index (χ0n) is 27.1. The zero-order valence-corrected chi connectivity index (χ0v) is 27.9. The molecule has 1 saturated carbocycles. The second-order valence-corrected chi connectivity index (χ2v) is 15.3. The molecule has 47 heavy (non-hydrogen) atoms. The van der Waals surface area contributed by atoms with Crippen LogP contribution < -0.4 is 15.2 Å². The van der Waals surface area contributed by atoms with Gasteiger partial charge in [0.15, 0.2) is 6.04 Å². The van der Waals surface area contributed by atoms with Crippen molar-refractivity contribution >= 4 is 26.7 Å². The van der Waals surface area contributed by atoms with E-state index in [4.69, 9.17) is 15.2 Å². The monoisotopic (exact) mass is 669 g/mol. The third-order valence-electron chi connectivity index (χ3n) is 10.0. The predicted octanol–water partition coefficient (Wildman–Crippen LogP) is 6.60. The van der Waals surface area contributed by atoms with Gasteiger partial charge < -0.3 is 20.1 Å². The summed E-state index contributed by atoms with van der Waals surface area (Å²) >= 11 is 0. The van der Waals surface area contributed by atoms with E-state index >= 15 is 8.78 Å². The number of amides is 1. The molecule has 8 nitrogen and oxygen atoms in total. The highest BCUT2D eigenvalue weighted by atomic mass is 32.2. The maximum atomic E-state index is 16.7. The number of benzene rings is 3. The normalized spacial score (nSPS) is 22.6. The Morgan fingerprint density at radius 1 is 0.957 bits per heavy atom. The number of nitrogens with two attached hydrogens (primary N) is 1. The number of rotatable bonds is 12. The van der Waals surface area contributed by atoms with Crippen molar-refractivity contribution < 1.29 is 31.5 Å². The van der Waals surface area contributed by atoms with Gasteiger partial charge in [-0.15, -0.1) is 0 Å². The fraction of sp³-hybridized carbons (Fsp3) is 0.528. The molecule has 2 bridgehead atoms. The summed E-state index contributed by atoms with van der Waals surface area (Å²) in [6.45, 7) is 2.48. The molecule has 1 amide bonds. The maximum Gasteiger partial charge on any atom is 0.298 e. The second-order valence-electron chi connectivity index (χ2n) is 13.3. The van der Waals surface area contributed by atoms with Crippen LogP contribution in [0.4, 0.5) is 8.78 Å². The SMILES string of the molecule is CCCCOc1ccc(C(F)(F)[C@H](C(=O)N2C3CCC2CC(N)C3)N(C)S(=O)(=O)c2ccc3cc(OC4CCCC4)ccc3c2)cc1. The van der Waals surface area contributed by atoms with E-state index in [1.807, 2.05) is 13.0 Å². The molecule has 6 rings (SSSR count). The number of alkyl halides is 2. The molecular formula is C36H45F2N3O5S. The number of unbranched alkanes of at least 4 members (excludes halogenated alkanes) is 1. The Labute approximate surface area is 276 Å². The van der Waals surface area contributed by atoms with Crippen LogP contribution in [0.5, 0.6) is 11.5 Å².